The summed E-state index contributed by atoms with van der Waals surface area (Å²) < 4.78 is 85.2. The van der Waals surface area contributed by atoms with Gasteiger partial charge in [-0.2, -0.15) is 13.2 Å². The Kier molecular flexibility index (Phi) is 11.0. The second kappa shape index (κ2) is 14.6. The van der Waals surface area contributed by atoms with E-state index < -0.39 is 69.8 Å². The van der Waals surface area contributed by atoms with Gasteiger partial charge in [-0.15, -0.1) is 0 Å². The Morgan fingerprint density at radius 1 is 0.833 bits per heavy atom. The third kappa shape index (κ3) is 9.21. The summed E-state index contributed by atoms with van der Waals surface area (Å²) >= 11 is 0. The van der Waals surface area contributed by atoms with Gasteiger partial charge in [-0.1, -0.05) is 72.3 Å². The van der Waals surface area contributed by atoms with Gasteiger partial charge in [-0.25, -0.2) is 12.8 Å². The van der Waals surface area contributed by atoms with Crippen LogP contribution < -0.4 is 9.62 Å². The summed E-state index contributed by atoms with van der Waals surface area (Å²) in [5.74, 6) is -2.17. The lowest BCUT2D eigenvalue weighted by Crippen LogP contribution is -2.56. The second-order valence-electron chi connectivity index (χ2n) is 12.4. The fourth-order valence-corrected chi connectivity index (χ4v) is 6.43. The first-order valence-corrected chi connectivity index (χ1v) is 16.6. The van der Waals surface area contributed by atoms with Gasteiger partial charge >= 0.3 is 6.18 Å². The molecule has 254 valence electrons. The maximum atomic E-state index is 15.1. The molecular weight excluding hydrogens is 646 g/mol. The average molecular weight is 684 g/mol. The van der Waals surface area contributed by atoms with Crippen LogP contribution in [0.1, 0.15) is 43.0 Å². The van der Waals surface area contributed by atoms with Gasteiger partial charge < -0.3 is 10.2 Å². The van der Waals surface area contributed by atoms with E-state index in [-0.39, 0.29) is 16.9 Å². The molecule has 0 fully saturated rings. The van der Waals surface area contributed by atoms with Crippen molar-refractivity contribution in [1.82, 2.24) is 10.2 Å². The Bertz CT molecular complexity index is 1840. The van der Waals surface area contributed by atoms with Crippen LogP contribution >= 0.6 is 0 Å². The molecule has 0 aliphatic carbocycles. The van der Waals surface area contributed by atoms with Crippen molar-refractivity contribution in [3.8, 4) is 0 Å². The zero-order valence-corrected chi connectivity index (χ0v) is 27.8. The van der Waals surface area contributed by atoms with Crippen molar-refractivity contribution in [2.24, 2.45) is 0 Å². The van der Waals surface area contributed by atoms with Crippen LogP contribution in [-0.4, -0.2) is 43.3 Å². The number of rotatable bonds is 11. The normalized spacial score (nSPS) is 12.7. The minimum Gasteiger partial charge on any atom is -0.350 e. The van der Waals surface area contributed by atoms with E-state index in [1.165, 1.54) is 42.5 Å². The molecule has 12 heteroatoms. The summed E-state index contributed by atoms with van der Waals surface area (Å²) in [7, 11) is -4.63. The number of hydrogen-bond acceptors (Lipinski definition) is 4. The lowest BCUT2D eigenvalue weighted by Gasteiger charge is -2.35. The molecule has 0 heterocycles. The average Bonchev–Trinajstić information content (AvgIpc) is 3.01. The number of aryl methyl sites for hydroxylation is 1. The van der Waals surface area contributed by atoms with Gasteiger partial charge in [0, 0.05) is 24.1 Å². The van der Waals surface area contributed by atoms with Crippen LogP contribution in [0.15, 0.2) is 108 Å². The van der Waals surface area contributed by atoms with Gasteiger partial charge in [0.2, 0.25) is 11.8 Å². The van der Waals surface area contributed by atoms with Crippen molar-refractivity contribution >= 4 is 27.5 Å². The molecule has 4 aromatic rings. The summed E-state index contributed by atoms with van der Waals surface area (Å²) in [6, 6.07) is 22.4. The number of carbonyl (C=O) groups is 2. The Morgan fingerprint density at radius 3 is 2.06 bits per heavy atom. The monoisotopic (exact) mass is 683 g/mol. The highest BCUT2D eigenvalue weighted by Gasteiger charge is 2.37. The molecule has 1 atom stereocenters. The topological polar surface area (TPSA) is 86.8 Å². The fraction of sp³-hybridized carbons (Fsp3) is 0.278. The van der Waals surface area contributed by atoms with E-state index in [1.807, 2.05) is 0 Å². The minimum atomic E-state index is -4.80. The number of hydrogen-bond donors (Lipinski definition) is 1. The quantitative estimate of drug-likeness (QED) is 0.174. The van der Waals surface area contributed by atoms with Crippen LogP contribution in [0.3, 0.4) is 0 Å². The van der Waals surface area contributed by atoms with Crippen LogP contribution in [0.2, 0.25) is 0 Å². The molecular formula is C36H37F4N3O4S. The summed E-state index contributed by atoms with van der Waals surface area (Å²) in [5, 5.41) is 2.86. The summed E-state index contributed by atoms with van der Waals surface area (Å²) in [4.78, 5) is 29.2. The van der Waals surface area contributed by atoms with E-state index in [4.69, 9.17) is 0 Å². The standard InChI is InChI=1S/C36H37F4N3O4S/c1-25-17-19-30(20-18-25)48(46,47)43(29-15-10-14-28(22-29)36(38,39)40)24-33(44)42(23-27-13-8-9-16-31(27)37)32(34(45)41-35(2,3)4)21-26-11-6-5-7-12-26/h5-20,22,32H,21,23-24H2,1-4H3,(H,41,45)/t32-/m1/s1. The van der Waals surface area contributed by atoms with Gasteiger partial charge in [0.1, 0.15) is 18.4 Å². The number of nitrogens with zero attached hydrogens (tertiary/aromatic N) is 2. The third-order valence-electron chi connectivity index (χ3n) is 7.42. The highest BCUT2D eigenvalue weighted by molar-refractivity contribution is 7.92. The lowest BCUT2D eigenvalue weighted by atomic mass is 10.0. The Hall–Kier alpha value is -4.71. The van der Waals surface area contributed by atoms with Gasteiger partial charge in [0.15, 0.2) is 0 Å². The molecule has 0 aliphatic rings. The van der Waals surface area contributed by atoms with E-state index in [1.54, 1.807) is 64.1 Å². The largest absolute Gasteiger partial charge is 0.416 e. The first kappa shape index (κ1) is 36.1. The predicted octanol–water partition coefficient (Wildman–Crippen LogP) is 6.90. The van der Waals surface area contributed by atoms with Crippen LogP contribution in [0.25, 0.3) is 0 Å². The van der Waals surface area contributed by atoms with Crippen molar-refractivity contribution in [3.63, 3.8) is 0 Å². The van der Waals surface area contributed by atoms with Crippen LogP contribution in [-0.2, 0) is 38.8 Å². The first-order chi connectivity index (χ1) is 22.5. The molecule has 4 rings (SSSR count). The van der Waals surface area contributed by atoms with Gasteiger partial charge in [-0.3, -0.25) is 13.9 Å². The summed E-state index contributed by atoms with van der Waals surface area (Å²) in [6.07, 6.45) is -4.82. The number of carbonyl (C=O) groups excluding carboxylic acids is 2. The molecule has 7 nitrogen and oxygen atoms in total. The Labute approximate surface area is 278 Å². The molecule has 0 radical (unpaired) electrons. The maximum Gasteiger partial charge on any atom is 0.416 e. The van der Waals surface area contributed by atoms with Crippen molar-refractivity contribution in [1.29, 1.82) is 0 Å². The fourth-order valence-electron chi connectivity index (χ4n) is 5.02. The molecule has 4 aromatic carbocycles. The highest BCUT2D eigenvalue weighted by Crippen LogP contribution is 2.33. The molecule has 2 amide bonds. The molecule has 0 saturated heterocycles. The maximum absolute atomic E-state index is 15.1. The zero-order chi connectivity index (χ0) is 35.3. The van der Waals surface area contributed by atoms with Crippen LogP contribution in [0.4, 0.5) is 23.2 Å². The highest BCUT2D eigenvalue weighted by atomic mass is 32.2. The van der Waals surface area contributed by atoms with Gasteiger partial charge in [0.25, 0.3) is 10.0 Å². The molecule has 0 aliphatic heterocycles. The zero-order valence-electron chi connectivity index (χ0n) is 27.0. The van der Waals surface area contributed by atoms with Crippen molar-refractivity contribution in [3.05, 3.63) is 131 Å². The van der Waals surface area contributed by atoms with Gasteiger partial charge in [-0.05, 0) is 69.7 Å². The van der Waals surface area contributed by atoms with E-state index in [2.05, 4.69) is 5.32 Å². The summed E-state index contributed by atoms with van der Waals surface area (Å²) in [6.45, 7) is 5.56. The van der Waals surface area contributed by atoms with E-state index in [9.17, 15) is 31.2 Å². The Morgan fingerprint density at radius 2 is 1.46 bits per heavy atom. The molecule has 0 spiro atoms. The molecule has 0 unspecified atom stereocenters. The first-order valence-electron chi connectivity index (χ1n) is 15.1. The number of benzene rings is 4. The Balaban J connectivity index is 1.87. The van der Waals surface area contributed by atoms with Gasteiger partial charge in [0.05, 0.1) is 16.1 Å². The number of amides is 2. The second-order valence-corrected chi connectivity index (χ2v) is 14.3. The van der Waals surface area contributed by atoms with Crippen molar-refractivity contribution in [2.45, 2.75) is 63.3 Å². The molecule has 0 aromatic heterocycles. The van der Waals surface area contributed by atoms with Crippen molar-refractivity contribution in [2.75, 3.05) is 10.8 Å². The third-order valence-corrected chi connectivity index (χ3v) is 9.21. The molecule has 48 heavy (non-hydrogen) atoms. The minimum absolute atomic E-state index is 0.0166. The van der Waals surface area contributed by atoms with Crippen molar-refractivity contribution < 1.29 is 35.6 Å². The number of alkyl halides is 3. The number of nitrogens with one attached hydrogen (secondary N) is 1. The van der Waals surface area contributed by atoms with E-state index in [0.717, 1.165) is 28.7 Å². The van der Waals surface area contributed by atoms with E-state index in [0.29, 0.717) is 15.9 Å². The SMILES string of the molecule is Cc1ccc(S(=O)(=O)N(CC(=O)N(Cc2ccccc2F)[C@H](Cc2ccccc2)C(=O)NC(C)(C)C)c2cccc(C(F)(F)F)c2)cc1. The molecule has 1 N–H and O–H groups in total. The van der Waals surface area contributed by atoms with Crippen LogP contribution in [0, 0.1) is 12.7 Å². The van der Waals surface area contributed by atoms with E-state index >= 15 is 4.39 Å². The molecule has 0 saturated carbocycles. The number of sulfonamides is 1. The molecule has 0 bridgehead atoms. The van der Waals surface area contributed by atoms with Crippen LogP contribution in [0.5, 0.6) is 0 Å². The summed E-state index contributed by atoms with van der Waals surface area (Å²) in [5.41, 5.74) is -0.813. The number of anilines is 1. The predicted molar refractivity (Wildman–Crippen MR) is 176 cm³/mol. The lowest BCUT2D eigenvalue weighted by molar-refractivity contribution is -0.140. The number of halogens is 4. The smallest absolute Gasteiger partial charge is 0.350 e.